The molecule has 0 radical (unpaired) electrons. The van der Waals surface area contributed by atoms with Gasteiger partial charge in [0.2, 0.25) is 0 Å². The standard InChI is InChI=1S/C29H37N5O4/c1-20-4-6-24-23(17-20)27(28(31-24)26-22-5-3-21(2)18-25(22)32-29(26)36)30-19-38-15-12-34-9-7-33(8-10-34)11-14-37-16-13-35/h3-6,17-18,32,35-36H,7-16,19H2,1-2H3. The number of aromatic nitrogens is 1. The molecule has 0 saturated carbocycles. The molecule has 2 aromatic carbocycles. The molecular formula is C29H37N5O4. The lowest BCUT2D eigenvalue weighted by atomic mass is 9.99. The maximum atomic E-state index is 10.8. The van der Waals surface area contributed by atoms with Crippen LogP contribution in [0.25, 0.3) is 10.9 Å². The maximum absolute atomic E-state index is 10.8. The van der Waals surface area contributed by atoms with Gasteiger partial charge in [-0.1, -0.05) is 23.8 Å². The first kappa shape index (κ1) is 26.5. The van der Waals surface area contributed by atoms with Crippen molar-refractivity contribution in [1.82, 2.24) is 14.8 Å². The Bertz CT molecular complexity index is 1320. The van der Waals surface area contributed by atoms with Crippen molar-refractivity contribution in [2.75, 3.05) is 72.4 Å². The van der Waals surface area contributed by atoms with E-state index in [4.69, 9.17) is 24.6 Å². The minimum Gasteiger partial charge on any atom is -0.494 e. The number of H-pyrrole nitrogens is 1. The van der Waals surface area contributed by atoms with E-state index in [0.29, 0.717) is 31.1 Å². The Kier molecular flexibility index (Phi) is 8.51. The van der Waals surface area contributed by atoms with E-state index in [0.717, 1.165) is 78.3 Å². The second-order valence-corrected chi connectivity index (χ2v) is 9.94. The molecule has 202 valence electrons. The number of ether oxygens (including phenoxy) is 2. The highest BCUT2D eigenvalue weighted by atomic mass is 16.5. The number of aliphatic hydroxyl groups excluding tert-OH is 1. The maximum Gasteiger partial charge on any atom is 0.199 e. The molecule has 0 amide bonds. The van der Waals surface area contributed by atoms with Crippen molar-refractivity contribution in [3.8, 4) is 5.88 Å². The van der Waals surface area contributed by atoms with E-state index in [1.165, 1.54) is 0 Å². The summed E-state index contributed by atoms with van der Waals surface area (Å²) in [5.74, 6) is 0.0987. The molecule has 0 atom stereocenters. The lowest BCUT2D eigenvalue weighted by Crippen LogP contribution is -2.48. The molecule has 2 aliphatic heterocycles. The third kappa shape index (κ3) is 5.98. The Labute approximate surface area is 223 Å². The van der Waals surface area contributed by atoms with E-state index < -0.39 is 0 Å². The van der Waals surface area contributed by atoms with Gasteiger partial charge in [-0.15, -0.1) is 0 Å². The van der Waals surface area contributed by atoms with Crippen LogP contribution in [0, 0.1) is 13.8 Å². The van der Waals surface area contributed by atoms with Crippen LogP contribution in [-0.2, 0) is 9.47 Å². The molecule has 9 nitrogen and oxygen atoms in total. The van der Waals surface area contributed by atoms with Gasteiger partial charge in [0.25, 0.3) is 0 Å². The normalized spacial score (nSPS) is 17.4. The minimum absolute atomic E-state index is 0.0742. The number of aromatic hydroxyl groups is 1. The number of rotatable bonds is 11. The topological polar surface area (TPSA) is 106 Å². The highest BCUT2D eigenvalue weighted by Crippen LogP contribution is 2.36. The van der Waals surface area contributed by atoms with Gasteiger partial charge in [0, 0.05) is 55.7 Å². The molecule has 0 unspecified atom stereocenters. The molecule has 0 aliphatic carbocycles. The highest BCUT2D eigenvalue weighted by Gasteiger charge is 2.28. The van der Waals surface area contributed by atoms with Gasteiger partial charge in [-0.2, -0.15) is 0 Å². The molecule has 0 spiro atoms. The van der Waals surface area contributed by atoms with Crippen LogP contribution in [0.1, 0.15) is 22.3 Å². The first-order chi connectivity index (χ1) is 18.5. The van der Waals surface area contributed by atoms with Gasteiger partial charge >= 0.3 is 0 Å². The van der Waals surface area contributed by atoms with Crippen LogP contribution in [0.5, 0.6) is 5.88 Å². The number of fused-ring (bicyclic) bond motifs is 2. The molecule has 2 aliphatic rings. The lowest BCUT2D eigenvalue weighted by Gasteiger charge is -2.34. The van der Waals surface area contributed by atoms with E-state index in [-0.39, 0.29) is 19.2 Å². The number of aliphatic imine (C=N–C) groups is 2. The number of piperazine rings is 1. The zero-order valence-corrected chi connectivity index (χ0v) is 22.2. The number of hydrogen-bond donors (Lipinski definition) is 3. The molecule has 5 rings (SSSR count). The molecule has 1 saturated heterocycles. The predicted molar refractivity (Wildman–Crippen MR) is 150 cm³/mol. The molecule has 3 aromatic rings. The number of aryl methyl sites for hydroxylation is 2. The highest BCUT2D eigenvalue weighted by molar-refractivity contribution is 6.58. The molecule has 0 bridgehead atoms. The summed E-state index contributed by atoms with van der Waals surface area (Å²) in [5, 5.41) is 20.6. The van der Waals surface area contributed by atoms with Crippen molar-refractivity contribution in [2.45, 2.75) is 13.8 Å². The van der Waals surface area contributed by atoms with Gasteiger partial charge < -0.3 is 24.7 Å². The summed E-state index contributed by atoms with van der Waals surface area (Å²) in [6.45, 7) is 11.8. The Morgan fingerprint density at radius 2 is 1.61 bits per heavy atom. The van der Waals surface area contributed by atoms with Crippen molar-refractivity contribution >= 4 is 28.0 Å². The van der Waals surface area contributed by atoms with E-state index in [2.05, 4.69) is 27.8 Å². The fraction of sp³-hybridized carbons (Fsp3) is 0.448. The first-order valence-electron chi connectivity index (χ1n) is 13.3. The fourth-order valence-corrected chi connectivity index (χ4v) is 5.07. The summed E-state index contributed by atoms with van der Waals surface area (Å²) in [7, 11) is 0. The van der Waals surface area contributed by atoms with Gasteiger partial charge in [-0.05, 0) is 37.6 Å². The van der Waals surface area contributed by atoms with Gasteiger partial charge in [-0.25, -0.2) is 4.99 Å². The average Bonchev–Trinajstić information content (AvgIpc) is 3.42. The lowest BCUT2D eigenvalue weighted by molar-refractivity contribution is 0.0482. The molecular weight excluding hydrogens is 482 g/mol. The van der Waals surface area contributed by atoms with Crippen molar-refractivity contribution in [3.63, 3.8) is 0 Å². The molecule has 3 N–H and O–H groups in total. The van der Waals surface area contributed by atoms with Crippen LogP contribution < -0.4 is 0 Å². The van der Waals surface area contributed by atoms with E-state index >= 15 is 0 Å². The van der Waals surface area contributed by atoms with Crippen molar-refractivity contribution in [3.05, 3.63) is 58.7 Å². The summed E-state index contributed by atoms with van der Waals surface area (Å²) in [5.41, 5.74) is 7.03. The van der Waals surface area contributed by atoms with Gasteiger partial charge in [-0.3, -0.25) is 14.8 Å². The monoisotopic (exact) mass is 519 g/mol. The predicted octanol–water partition coefficient (Wildman–Crippen LogP) is 3.01. The van der Waals surface area contributed by atoms with E-state index in [1.54, 1.807) is 0 Å². The zero-order chi connectivity index (χ0) is 26.5. The van der Waals surface area contributed by atoms with Crippen LogP contribution in [0.15, 0.2) is 46.4 Å². The Hall–Kier alpha value is -3.08. The third-order valence-corrected chi connectivity index (χ3v) is 7.15. The van der Waals surface area contributed by atoms with Gasteiger partial charge in [0.05, 0.1) is 43.4 Å². The van der Waals surface area contributed by atoms with Gasteiger partial charge in [0.15, 0.2) is 5.88 Å². The van der Waals surface area contributed by atoms with Crippen LogP contribution in [-0.4, -0.2) is 109 Å². The average molecular weight is 520 g/mol. The second-order valence-electron chi connectivity index (χ2n) is 9.94. The number of nitrogens with one attached hydrogen (secondary N) is 1. The molecule has 1 aromatic heterocycles. The van der Waals surface area contributed by atoms with Crippen molar-refractivity contribution < 1.29 is 19.7 Å². The number of aromatic amines is 1. The number of hydrogen-bond acceptors (Lipinski definition) is 8. The molecule has 1 fully saturated rings. The fourth-order valence-electron chi connectivity index (χ4n) is 5.07. The summed E-state index contributed by atoms with van der Waals surface area (Å²) in [6.07, 6.45) is 0. The number of aliphatic hydroxyl groups is 1. The van der Waals surface area contributed by atoms with Crippen molar-refractivity contribution in [2.24, 2.45) is 9.98 Å². The summed E-state index contributed by atoms with van der Waals surface area (Å²) >= 11 is 0. The minimum atomic E-state index is 0.0742. The number of nitrogens with zero attached hydrogens (tertiary/aromatic N) is 4. The van der Waals surface area contributed by atoms with Crippen LogP contribution in [0.2, 0.25) is 0 Å². The smallest absolute Gasteiger partial charge is 0.199 e. The van der Waals surface area contributed by atoms with Crippen molar-refractivity contribution in [1.29, 1.82) is 0 Å². The summed E-state index contributed by atoms with van der Waals surface area (Å²) in [4.78, 5) is 17.6. The van der Waals surface area contributed by atoms with Crippen LogP contribution >= 0.6 is 0 Å². The SMILES string of the molecule is Cc1ccc2c(c1)C(=NCOCCN1CCN(CCOCCO)CC1)C(c1c(O)[nH]c3cc(C)ccc13)=N2. The van der Waals surface area contributed by atoms with E-state index in [1.807, 2.05) is 37.3 Å². The second kappa shape index (κ2) is 12.2. The Morgan fingerprint density at radius 3 is 2.34 bits per heavy atom. The Morgan fingerprint density at radius 1 is 0.921 bits per heavy atom. The van der Waals surface area contributed by atoms with E-state index in [9.17, 15) is 5.11 Å². The van der Waals surface area contributed by atoms with Crippen LogP contribution in [0.3, 0.4) is 0 Å². The third-order valence-electron chi connectivity index (χ3n) is 7.15. The quantitative estimate of drug-likeness (QED) is 0.337. The first-order valence-corrected chi connectivity index (χ1v) is 13.3. The Balaban J connectivity index is 1.21. The zero-order valence-electron chi connectivity index (χ0n) is 22.2. The summed E-state index contributed by atoms with van der Waals surface area (Å²) in [6, 6.07) is 12.2. The molecule has 38 heavy (non-hydrogen) atoms. The van der Waals surface area contributed by atoms with Gasteiger partial charge in [0.1, 0.15) is 12.4 Å². The molecule has 9 heteroatoms. The largest absolute Gasteiger partial charge is 0.494 e. The summed E-state index contributed by atoms with van der Waals surface area (Å²) < 4.78 is 11.3. The number of benzene rings is 2. The molecule has 3 heterocycles. The van der Waals surface area contributed by atoms with Crippen LogP contribution in [0.4, 0.5) is 5.69 Å².